The lowest BCUT2D eigenvalue weighted by Crippen LogP contribution is -2.57. The van der Waals surface area contributed by atoms with E-state index in [2.05, 4.69) is 16.9 Å². The molecule has 2 aromatic heterocycles. The van der Waals surface area contributed by atoms with Crippen LogP contribution in [-0.2, 0) is 19.1 Å². The number of nitrogens with zero attached hydrogens (tertiary/aromatic N) is 4. The summed E-state index contributed by atoms with van der Waals surface area (Å²) in [5, 5.41) is 2.74. The Morgan fingerprint density at radius 3 is 2.86 bits per heavy atom. The predicted molar refractivity (Wildman–Crippen MR) is 137 cm³/mol. The molecule has 2 aliphatic heterocycles. The second kappa shape index (κ2) is 10.0. The number of carbonyl (C=O) groups is 3. The van der Waals surface area contributed by atoms with Gasteiger partial charge in [-0.15, -0.1) is 6.58 Å². The van der Waals surface area contributed by atoms with E-state index in [1.54, 1.807) is 23.2 Å². The minimum absolute atomic E-state index is 0.122. The number of nitrogens with one attached hydrogen (secondary N) is 1. The third kappa shape index (κ3) is 4.71. The molecule has 4 rings (SSSR count). The number of anilines is 1. The fourth-order valence-electron chi connectivity index (χ4n) is 3.92. The molecule has 182 valence electrons. The SMILES string of the molecule is C=CCN1C(=O)/C(=C/c2c(N3CCNC(=O)C3CC(=O)OC)nc3ccc(C)cn3c2=O)SC1=S. The summed E-state index contributed by atoms with van der Waals surface area (Å²) in [5.74, 6) is -1.09. The van der Waals surface area contributed by atoms with Crippen LogP contribution in [0.25, 0.3) is 11.7 Å². The highest BCUT2D eigenvalue weighted by molar-refractivity contribution is 8.26. The maximum Gasteiger partial charge on any atom is 0.308 e. The average Bonchev–Trinajstić information content (AvgIpc) is 3.10. The van der Waals surface area contributed by atoms with Crippen molar-refractivity contribution in [2.75, 3.05) is 31.6 Å². The molecule has 4 heterocycles. The Balaban J connectivity index is 1.91. The summed E-state index contributed by atoms with van der Waals surface area (Å²) in [7, 11) is 1.24. The number of thiocarbonyl (C=S) groups is 1. The smallest absolute Gasteiger partial charge is 0.308 e. The lowest BCUT2D eigenvalue weighted by Gasteiger charge is -2.36. The van der Waals surface area contributed by atoms with Crippen LogP contribution in [0.1, 0.15) is 17.5 Å². The monoisotopic (exact) mass is 513 g/mol. The highest BCUT2D eigenvalue weighted by Gasteiger charge is 2.36. The van der Waals surface area contributed by atoms with Gasteiger partial charge in [0.2, 0.25) is 5.91 Å². The first-order valence-corrected chi connectivity index (χ1v) is 12.0. The third-order valence-corrected chi connectivity index (χ3v) is 7.01. The van der Waals surface area contributed by atoms with E-state index in [9.17, 15) is 19.2 Å². The first-order chi connectivity index (χ1) is 16.7. The first-order valence-electron chi connectivity index (χ1n) is 10.8. The Labute approximate surface area is 210 Å². The van der Waals surface area contributed by atoms with Gasteiger partial charge in [-0.3, -0.25) is 28.5 Å². The molecule has 2 saturated heterocycles. The zero-order valence-electron chi connectivity index (χ0n) is 19.1. The summed E-state index contributed by atoms with van der Waals surface area (Å²) in [4.78, 5) is 59.4. The molecular weight excluding hydrogens is 490 g/mol. The Bertz CT molecular complexity index is 1350. The molecular formula is C23H23N5O5S2. The van der Waals surface area contributed by atoms with Gasteiger partial charge in [-0.25, -0.2) is 4.98 Å². The lowest BCUT2D eigenvalue weighted by molar-refractivity contribution is -0.143. The van der Waals surface area contributed by atoms with E-state index in [0.717, 1.165) is 17.3 Å². The van der Waals surface area contributed by atoms with Crippen LogP contribution in [0.2, 0.25) is 0 Å². The molecule has 0 saturated carbocycles. The summed E-state index contributed by atoms with van der Waals surface area (Å²) in [6, 6.07) is 2.59. The van der Waals surface area contributed by atoms with E-state index in [0.29, 0.717) is 23.1 Å². The summed E-state index contributed by atoms with van der Waals surface area (Å²) in [6.07, 6.45) is 4.46. The van der Waals surface area contributed by atoms with E-state index in [1.165, 1.54) is 22.5 Å². The number of aryl methyl sites for hydroxylation is 1. The number of aromatic nitrogens is 2. The van der Waals surface area contributed by atoms with Crippen molar-refractivity contribution in [1.82, 2.24) is 19.6 Å². The van der Waals surface area contributed by atoms with Crippen LogP contribution in [0.3, 0.4) is 0 Å². The zero-order valence-corrected chi connectivity index (χ0v) is 20.8. The Kier molecular flexibility index (Phi) is 7.03. The van der Waals surface area contributed by atoms with Crippen LogP contribution < -0.4 is 15.8 Å². The number of hydrogen-bond donors (Lipinski definition) is 1. The number of methoxy groups -OCH3 is 1. The molecule has 2 aromatic rings. The number of piperazine rings is 1. The van der Waals surface area contributed by atoms with Crippen LogP contribution in [0.5, 0.6) is 0 Å². The highest BCUT2D eigenvalue weighted by atomic mass is 32.2. The van der Waals surface area contributed by atoms with E-state index >= 15 is 0 Å². The zero-order chi connectivity index (χ0) is 25.3. The molecule has 0 bridgehead atoms. The van der Waals surface area contributed by atoms with Gasteiger partial charge in [0.05, 0.1) is 24.0 Å². The lowest BCUT2D eigenvalue weighted by atomic mass is 10.1. The van der Waals surface area contributed by atoms with Gasteiger partial charge in [-0.05, 0) is 24.6 Å². The standard InChI is InChI=1S/C23H23N5O5S2/c1-4-8-27-22(32)16(35-23(27)34)10-14-19(25-17-6-5-13(2)12-28(17)21(14)31)26-9-7-24-20(30)15(26)11-18(29)33-3/h4-6,10,12,15H,1,7-9,11H2,2-3H3,(H,24,30)/b16-10-. The molecule has 1 N–H and O–H groups in total. The molecule has 35 heavy (non-hydrogen) atoms. The largest absolute Gasteiger partial charge is 0.469 e. The summed E-state index contributed by atoms with van der Waals surface area (Å²) in [6.45, 7) is 6.35. The van der Waals surface area contributed by atoms with Gasteiger partial charge in [0.15, 0.2) is 0 Å². The quantitative estimate of drug-likeness (QED) is 0.264. The van der Waals surface area contributed by atoms with Gasteiger partial charge in [-0.1, -0.05) is 36.1 Å². The van der Waals surface area contributed by atoms with Crippen molar-refractivity contribution >= 4 is 63.6 Å². The molecule has 0 spiro atoms. The third-order valence-electron chi connectivity index (χ3n) is 5.64. The topological polar surface area (TPSA) is 113 Å². The van der Waals surface area contributed by atoms with Crippen molar-refractivity contribution in [3.63, 3.8) is 0 Å². The van der Waals surface area contributed by atoms with Gasteiger partial charge in [0.1, 0.15) is 21.8 Å². The van der Waals surface area contributed by atoms with Crippen LogP contribution >= 0.6 is 24.0 Å². The Hall–Kier alpha value is -3.51. The second-order valence-corrected chi connectivity index (χ2v) is 9.63. The van der Waals surface area contributed by atoms with Crippen molar-refractivity contribution in [1.29, 1.82) is 0 Å². The number of esters is 1. The number of rotatable bonds is 6. The molecule has 0 radical (unpaired) electrons. The number of ether oxygens (including phenoxy) is 1. The fourth-order valence-corrected chi connectivity index (χ4v) is 5.18. The molecule has 1 atom stereocenters. The molecule has 0 aliphatic carbocycles. The van der Waals surface area contributed by atoms with Gasteiger partial charge in [-0.2, -0.15) is 0 Å². The number of hydrogen-bond acceptors (Lipinski definition) is 9. The summed E-state index contributed by atoms with van der Waals surface area (Å²) >= 11 is 6.40. The number of amides is 2. The molecule has 0 aromatic carbocycles. The Morgan fingerprint density at radius 1 is 1.37 bits per heavy atom. The predicted octanol–water partition coefficient (Wildman–Crippen LogP) is 1.26. The van der Waals surface area contributed by atoms with Crippen molar-refractivity contribution in [2.45, 2.75) is 19.4 Å². The Morgan fingerprint density at radius 2 is 2.14 bits per heavy atom. The van der Waals surface area contributed by atoms with Gasteiger partial charge < -0.3 is 15.0 Å². The average molecular weight is 514 g/mol. The number of pyridine rings is 1. The number of fused-ring (bicyclic) bond motifs is 1. The minimum atomic E-state index is -0.932. The molecule has 2 aliphatic rings. The molecule has 10 nitrogen and oxygen atoms in total. The summed E-state index contributed by atoms with van der Waals surface area (Å²) < 4.78 is 6.52. The molecule has 2 amide bonds. The fraction of sp³-hybridized carbons (Fsp3) is 0.304. The van der Waals surface area contributed by atoms with Gasteiger partial charge >= 0.3 is 5.97 Å². The minimum Gasteiger partial charge on any atom is -0.469 e. The van der Waals surface area contributed by atoms with E-state index in [1.807, 2.05) is 13.0 Å². The van der Waals surface area contributed by atoms with Gasteiger partial charge in [0, 0.05) is 25.8 Å². The van der Waals surface area contributed by atoms with E-state index in [-0.39, 0.29) is 41.1 Å². The molecule has 2 fully saturated rings. The number of thioether (sulfide) groups is 1. The van der Waals surface area contributed by atoms with Crippen molar-refractivity contribution < 1.29 is 19.1 Å². The van der Waals surface area contributed by atoms with Crippen LogP contribution in [0, 0.1) is 6.92 Å². The molecule has 1 unspecified atom stereocenters. The normalized spacial score (nSPS) is 19.4. The number of carbonyl (C=O) groups excluding carboxylic acids is 3. The van der Waals surface area contributed by atoms with Crippen molar-refractivity contribution in [3.8, 4) is 0 Å². The molecule has 12 heteroatoms. The van der Waals surface area contributed by atoms with E-state index < -0.39 is 17.6 Å². The van der Waals surface area contributed by atoms with Gasteiger partial charge in [0.25, 0.3) is 11.5 Å². The van der Waals surface area contributed by atoms with Crippen LogP contribution in [0.15, 0.2) is 40.7 Å². The van der Waals surface area contributed by atoms with Crippen LogP contribution in [-0.4, -0.2) is 69.2 Å². The van der Waals surface area contributed by atoms with Crippen molar-refractivity contribution in [3.05, 3.63) is 57.4 Å². The van der Waals surface area contributed by atoms with E-state index in [4.69, 9.17) is 17.0 Å². The van der Waals surface area contributed by atoms with Crippen molar-refractivity contribution in [2.24, 2.45) is 0 Å². The first kappa shape index (κ1) is 24.6. The summed E-state index contributed by atoms with van der Waals surface area (Å²) in [5.41, 5.74) is 0.926. The van der Waals surface area contributed by atoms with Crippen LogP contribution in [0.4, 0.5) is 5.82 Å². The second-order valence-electron chi connectivity index (χ2n) is 7.95. The maximum absolute atomic E-state index is 13.7. The highest BCUT2D eigenvalue weighted by Crippen LogP contribution is 2.34. The maximum atomic E-state index is 13.7.